The quantitative estimate of drug-likeness (QED) is 0.867. The summed E-state index contributed by atoms with van der Waals surface area (Å²) in [5, 5.41) is 8.82. The fourth-order valence-electron chi connectivity index (χ4n) is 2.32. The normalized spacial score (nSPS) is 13.2. The van der Waals surface area contributed by atoms with E-state index in [0.29, 0.717) is 18.2 Å². The number of nitrogens with one attached hydrogen (secondary N) is 1. The molecule has 0 aliphatic carbocycles. The van der Waals surface area contributed by atoms with Crippen LogP contribution in [0, 0.1) is 0 Å². The molecule has 2 heterocycles. The lowest BCUT2D eigenvalue weighted by atomic mass is 9.97. The van der Waals surface area contributed by atoms with Gasteiger partial charge in [0.15, 0.2) is 5.88 Å². The van der Waals surface area contributed by atoms with Crippen LogP contribution in [0.25, 0.3) is 5.57 Å². The van der Waals surface area contributed by atoms with E-state index in [0.717, 1.165) is 22.3 Å². The Balaban J connectivity index is 2.05. The molecular weight excluding hydrogens is 242 g/mol. The number of carbonyl (C=O) groups is 1. The van der Waals surface area contributed by atoms with Crippen molar-refractivity contribution in [2.24, 2.45) is 0 Å². The molecule has 0 spiro atoms. The minimum absolute atomic E-state index is 0.0503. The van der Waals surface area contributed by atoms with Crippen molar-refractivity contribution in [1.82, 2.24) is 4.98 Å². The summed E-state index contributed by atoms with van der Waals surface area (Å²) in [6, 6.07) is 9.73. The zero-order chi connectivity index (χ0) is 13.4. The molecule has 0 saturated carbocycles. The van der Waals surface area contributed by atoms with Crippen molar-refractivity contribution in [2.45, 2.75) is 13.0 Å². The number of hydrogen-bond acceptors (Lipinski definition) is 2. The highest BCUT2D eigenvalue weighted by Crippen LogP contribution is 2.35. The summed E-state index contributed by atoms with van der Waals surface area (Å²) in [5.74, 6) is -0.278. The summed E-state index contributed by atoms with van der Waals surface area (Å²) in [6.07, 6.45) is -0.0503. The Hall–Kier alpha value is -2.49. The van der Waals surface area contributed by atoms with E-state index in [1.807, 2.05) is 24.3 Å². The van der Waals surface area contributed by atoms with E-state index in [1.165, 1.54) is 0 Å². The lowest BCUT2D eigenvalue weighted by molar-refractivity contribution is -0.136. The molecule has 2 N–H and O–H groups in total. The molecule has 0 saturated heterocycles. The Morgan fingerprint density at radius 3 is 2.95 bits per heavy atom. The summed E-state index contributed by atoms with van der Waals surface area (Å²) in [5.41, 5.74) is 4.44. The zero-order valence-corrected chi connectivity index (χ0v) is 10.3. The van der Waals surface area contributed by atoms with Crippen LogP contribution in [0.5, 0.6) is 5.88 Å². The van der Waals surface area contributed by atoms with Gasteiger partial charge in [-0.25, -0.2) is 0 Å². The molecule has 4 nitrogen and oxygen atoms in total. The first kappa shape index (κ1) is 11.6. The Labute approximate surface area is 110 Å². The summed E-state index contributed by atoms with van der Waals surface area (Å²) in [6.45, 7) is 4.56. The molecule has 0 unspecified atom stereocenters. The predicted octanol–water partition coefficient (Wildman–Crippen LogP) is 2.60. The molecule has 0 fully saturated rings. The third kappa shape index (κ3) is 2.01. The minimum Gasteiger partial charge on any atom is -0.481 e. The van der Waals surface area contributed by atoms with Crippen LogP contribution in [0.1, 0.15) is 22.4 Å². The highest BCUT2D eigenvalue weighted by Gasteiger charge is 2.20. The number of rotatable bonds is 2. The molecule has 0 amide bonds. The molecule has 1 aliphatic heterocycles. The number of aromatic nitrogens is 1. The molecule has 96 valence electrons. The molecule has 0 radical (unpaired) electrons. The molecule has 2 aromatic rings. The monoisotopic (exact) mass is 255 g/mol. The van der Waals surface area contributed by atoms with Crippen molar-refractivity contribution in [1.29, 1.82) is 0 Å². The Morgan fingerprint density at radius 1 is 1.37 bits per heavy atom. The number of carboxylic acid groups (broad SMARTS) is 1. The van der Waals surface area contributed by atoms with Crippen LogP contribution in [0.2, 0.25) is 0 Å². The zero-order valence-electron chi connectivity index (χ0n) is 10.3. The van der Waals surface area contributed by atoms with E-state index >= 15 is 0 Å². The van der Waals surface area contributed by atoms with Gasteiger partial charge in [-0.15, -0.1) is 0 Å². The maximum Gasteiger partial charge on any atom is 0.309 e. The van der Waals surface area contributed by atoms with Crippen molar-refractivity contribution in [3.8, 4) is 5.88 Å². The van der Waals surface area contributed by atoms with E-state index in [-0.39, 0.29) is 6.42 Å². The molecule has 1 aliphatic rings. The maximum absolute atomic E-state index is 10.7. The molecular formula is C15H13NO3. The van der Waals surface area contributed by atoms with Gasteiger partial charge in [0.25, 0.3) is 0 Å². The number of aliphatic carboxylic acids is 1. The van der Waals surface area contributed by atoms with E-state index in [9.17, 15) is 4.79 Å². The molecule has 0 bridgehead atoms. The van der Waals surface area contributed by atoms with Crippen molar-refractivity contribution in [3.63, 3.8) is 0 Å². The molecule has 4 heteroatoms. The van der Waals surface area contributed by atoms with Crippen LogP contribution in [0.3, 0.4) is 0 Å². The van der Waals surface area contributed by atoms with Gasteiger partial charge in [0.1, 0.15) is 6.61 Å². The van der Waals surface area contributed by atoms with Crippen molar-refractivity contribution < 1.29 is 14.6 Å². The summed E-state index contributed by atoms with van der Waals surface area (Å²) in [4.78, 5) is 13.8. The van der Waals surface area contributed by atoms with Crippen LogP contribution in [-0.2, 0) is 17.8 Å². The minimum atomic E-state index is -0.873. The first-order valence-electron chi connectivity index (χ1n) is 5.99. The average molecular weight is 255 g/mol. The van der Waals surface area contributed by atoms with Crippen LogP contribution in [0.15, 0.2) is 36.9 Å². The number of H-pyrrole nitrogens is 1. The largest absolute Gasteiger partial charge is 0.481 e. The summed E-state index contributed by atoms with van der Waals surface area (Å²) >= 11 is 0. The summed E-state index contributed by atoms with van der Waals surface area (Å²) in [7, 11) is 0. The third-order valence-electron chi connectivity index (χ3n) is 3.22. The Bertz CT molecular complexity index is 670. The smallest absolute Gasteiger partial charge is 0.309 e. The van der Waals surface area contributed by atoms with Crippen molar-refractivity contribution in [3.05, 3.63) is 59.3 Å². The Kier molecular flexibility index (Phi) is 2.63. The molecule has 1 aromatic heterocycles. The number of fused-ring (bicyclic) bond motifs is 2. The van der Waals surface area contributed by atoms with Crippen LogP contribution in [-0.4, -0.2) is 16.1 Å². The molecule has 3 rings (SSSR count). The fraction of sp³-hybridized carbons (Fsp3) is 0.133. The second-order valence-electron chi connectivity index (χ2n) is 4.53. The number of ether oxygens (including phenoxy) is 1. The highest BCUT2D eigenvalue weighted by molar-refractivity contribution is 5.83. The van der Waals surface area contributed by atoms with Gasteiger partial charge in [0.2, 0.25) is 0 Å². The van der Waals surface area contributed by atoms with Crippen LogP contribution in [0.4, 0.5) is 0 Å². The van der Waals surface area contributed by atoms with Gasteiger partial charge in [-0.05, 0) is 22.8 Å². The van der Waals surface area contributed by atoms with E-state index in [2.05, 4.69) is 11.6 Å². The highest BCUT2D eigenvalue weighted by atomic mass is 16.5. The number of benzene rings is 1. The fourth-order valence-corrected chi connectivity index (χ4v) is 2.32. The number of hydrogen-bond donors (Lipinski definition) is 2. The topological polar surface area (TPSA) is 62.3 Å². The standard InChI is InChI=1S/C15H13NO3/c1-9-12-5-3-2-4-10(12)8-19-15-13(9)6-11(16-15)7-14(17)18/h2-6,16H,1,7-8H2,(H,17,18). The molecule has 19 heavy (non-hydrogen) atoms. The first-order valence-corrected chi connectivity index (χ1v) is 5.99. The molecule has 0 atom stereocenters. The van der Waals surface area contributed by atoms with Crippen LogP contribution < -0.4 is 4.74 Å². The van der Waals surface area contributed by atoms with Crippen LogP contribution >= 0.6 is 0 Å². The average Bonchev–Trinajstić information content (AvgIpc) is 2.72. The predicted molar refractivity (Wildman–Crippen MR) is 71.0 cm³/mol. The van der Waals surface area contributed by atoms with Crippen molar-refractivity contribution >= 4 is 11.5 Å². The van der Waals surface area contributed by atoms with E-state index in [4.69, 9.17) is 9.84 Å². The first-order chi connectivity index (χ1) is 9.15. The van der Waals surface area contributed by atoms with Gasteiger partial charge in [-0.2, -0.15) is 0 Å². The van der Waals surface area contributed by atoms with E-state index in [1.54, 1.807) is 6.07 Å². The third-order valence-corrected chi connectivity index (χ3v) is 3.22. The summed E-state index contributed by atoms with van der Waals surface area (Å²) < 4.78 is 5.70. The van der Waals surface area contributed by atoms with Crippen molar-refractivity contribution in [2.75, 3.05) is 0 Å². The second kappa shape index (κ2) is 4.31. The number of aromatic amines is 1. The molecule has 1 aromatic carbocycles. The van der Waals surface area contributed by atoms with Gasteiger partial charge in [0.05, 0.1) is 6.42 Å². The maximum atomic E-state index is 10.7. The SMILES string of the molecule is C=C1c2ccccc2COc2[nH]c(CC(=O)O)cc21. The lowest BCUT2D eigenvalue weighted by Crippen LogP contribution is -2.01. The van der Waals surface area contributed by atoms with Gasteiger partial charge in [-0.3, -0.25) is 4.79 Å². The van der Waals surface area contributed by atoms with E-state index < -0.39 is 5.97 Å². The number of carboxylic acids is 1. The Morgan fingerprint density at radius 2 is 2.16 bits per heavy atom. The lowest BCUT2D eigenvalue weighted by Gasteiger charge is -2.05. The van der Waals surface area contributed by atoms with Gasteiger partial charge in [-0.1, -0.05) is 30.8 Å². The second-order valence-corrected chi connectivity index (χ2v) is 4.53. The van der Waals surface area contributed by atoms with Gasteiger partial charge < -0.3 is 14.8 Å². The van der Waals surface area contributed by atoms with Gasteiger partial charge in [0, 0.05) is 11.3 Å². The van der Waals surface area contributed by atoms with Gasteiger partial charge >= 0.3 is 5.97 Å².